The van der Waals surface area contributed by atoms with Crippen LogP contribution in [-0.4, -0.2) is 32.1 Å². The van der Waals surface area contributed by atoms with Crippen LogP contribution < -0.4 is 0 Å². The van der Waals surface area contributed by atoms with Crippen molar-refractivity contribution in [2.24, 2.45) is 0 Å². The van der Waals surface area contributed by atoms with Gasteiger partial charge in [-0.3, -0.25) is 9.78 Å². The number of pyridine rings is 1. The predicted molar refractivity (Wildman–Crippen MR) is 114 cm³/mol. The summed E-state index contributed by atoms with van der Waals surface area (Å²) in [5, 5.41) is 4.86. The standard InChI is InChI=1S/C24H28N4O/c1-3-27(18(2)19-11-10-16-25-17-19)24(29)23-21-14-8-5-9-15-22(21)28(26-23)20-12-6-4-7-13-20/h4,6-7,10-13,16-18H,3,5,8-9,14-15H2,1-2H3. The maximum absolute atomic E-state index is 13.6. The first-order chi connectivity index (χ1) is 14.2. The number of hydrogen-bond donors (Lipinski definition) is 0. The first-order valence-corrected chi connectivity index (χ1v) is 10.6. The highest BCUT2D eigenvalue weighted by Gasteiger charge is 2.29. The second kappa shape index (κ2) is 8.60. The Morgan fingerprint density at radius 1 is 1.10 bits per heavy atom. The lowest BCUT2D eigenvalue weighted by Crippen LogP contribution is -2.34. The molecular formula is C24H28N4O. The number of carbonyl (C=O) groups excluding carboxylic acids is 1. The van der Waals surface area contributed by atoms with E-state index in [1.807, 2.05) is 53.0 Å². The molecule has 0 aliphatic heterocycles. The number of para-hydroxylation sites is 1. The van der Waals surface area contributed by atoms with E-state index >= 15 is 0 Å². The van der Waals surface area contributed by atoms with Crippen molar-refractivity contribution in [3.63, 3.8) is 0 Å². The van der Waals surface area contributed by atoms with Crippen molar-refractivity contribution in [1.82, 2.24) is 19.7 Å². The summed E-state index contributed by atoms with van der Waals surface area (Å²) in [5.41, 5.74) is 5.00. The highest BCUT2D eigenvalue weighted by molar-refractivity contribution is 5.94. The number of amides is 1. The van der Waals surface area contributed by atoms with Crippen LogP contribution in [-0.2, 0) is 12.8 Å². The van der Waals surface area contributed by atoms with Gasteiger partial charge < -0.3 is 4.90 Å². The summed E-state index contributed by atoms with van der Waals surface area (Å²) < 4.78 is 2.00. The normalized spacial score (nSPS) is 14.7. The monoisotopic (exact) mass is 388 g/mol. The predicted octanol–water partition coefficient (Wildman–Crippen LogP) is 4.76. The lowest BCUT2D eigenvalue weighted by Gasteiger charge is -2.28. The van der Waals surface area contributed by atoms with Crippen LogP contribution in [0.15, 0.2) is 54.9 Å². The molecule has 1 atom stereocenters. The highest BCUT2D eigenvalue weighted by Crippen LogP contribution is 2.29. The van der Waals surface area contributed by atoms with Gasteiger partial charge in [-0.05, 0) is 63.3 Å². The molecule has 2 aromatic heterocycles. The zero-order valence-electron chi connectivity index (χ0n) is 17.2. The molecule has 29 heavy (non-hydrogen) atoms. The molecule has 2 heterocycles. The molecule has 4 rings (SSSR count). The lowest BCUT2D eigenvalue weighted by molar-refractivity contribution is 0.0694. The zero-order chi connectivity index (χ0) is 20.2. The molecular weight excluding hydrogens is 360 g/mol. The van der Waals surface area contributed by atoms with Gasteiger partial charge in [-0.1, -0.05) is 30.7 Å². The average molecular weight is 389 g/mol. The second-order valence-electron chi connectivity index (χ2n) is 7.64. The number of benzene rings is 1. The van der Waals surface area contributed by atoms with Crippen molar-refractivity contribution in [3.8, 4) is 5.69 Å². The fraction of sp³-hybridized carbons (Fsp3) is 0.375. The van der Waals surface area contributed by atoms with E-state index in [0.717, 1.165) is 42.5 Å². The van der Waals surface area contributed by atoms with E-state index in [-0.39, 0.29) is 11.9 Å². The van der Waals surface area contributed by atoms with Crippen molar-refractivity contribution in [3.05, 3.63) is 77.4 Å². The molecule has 1 aliphatic carbocycles. The van der Waals surface area contributed by atoms with Crippen LogP contribution in [0.5, 0.6) is 0 Å². The summed E-state index contributed by atoms with van der Waals surface area (Å²) in [6.07, 6.45) is 8.93. The molecule has 0 saturated carbocycles. The molecule has 0 saturated heterocycles. The van der Waals surface area contributed by atoms with Gasteiger partial charge in [-0.15, -0.1) is 0 Å². The Morgan fingerprint density at radius 3 is 2.62 bits per heavy atom. The summed E-state index contributed by atoms with van der Waals surface area (Å²) in [4.78, 5) is 19.8. The van der Waals surface area contributed by atoms with Gasteiger partial charge in [-0.25, -0.2) is 4.68 Å². The van der Waals surface area contributed by atoms with Crippen LogP contribution in [0.1, 0.15) is 66.5 Å². The fourth-order valence-corrected chi connectivity index (χ4v) is 4.26. The smallest absolute Gasteiger partial charge is 0.275 e. The number of rotatable bonds is 5. The van der Waals surface area contributed by atoms with Gasteiger partial charge in [0.1, 0.15) is 0 Å². The van der Waals surface area contributed by atoms with Crippen LogP contribution in [0.2, 0.25) is 0 Å². The van der Waals surface area contributed by atoms with Crippen LogP contribution in [0.25, 0.3) is 5.69 Å². The Labute approximate surface area is 172 Å². The molecule has 5 heteroatoms. The fourth-order valence-electron chi connectivity index (χ4n) is 4.26. The first-order valence-electron chi connectivity index (χ1n) is 10.6. The third-order valence-corrected chi connectivity index (χ3v) is 5.87. The van der Waals surface area contributed by atoms with E-state index in [4.69, 9.17) is 5.10 Å². The summed E-state index contributed by atoms with van der Waals surface area (Å²) in [6.45, 7) is 4.71. The Balaban J connectivity index is 1.75. The molecule has 1 unspecified atom stereocenters. The molecule has 1 aliphatic rings. The van der Waals surface area contributed by atoms with Gasteiger partial charge >= 0.3 is 0 Å². The minimum absolute atomic E-state index is 0.0108. The van der Waals surface area contributed by atoms with Gasteiger partial charge in [0.15, 0.2) is 5.69 Å². The molecule has 0 spiro atoms. The van der Waals surface area contributed by atoms with E-state index < -0.39 is 0 Å². The van der Waals surface area contributed by atoms with Crippen LogP contribution in [0.3, 0.4) is 0 Å². The van der Waals surface area contributed by atoms with Crippen LogP contribution >= 0.6 is 0 Å². The quantitative estimate of drug-likeness (QED) is 0.592. The molecule has 0 bridgehead atoms. The van der Waals surface area contributed by atoms with E-state index in [2.05, 4.69) is 24.0 Å². The molecule has 0 fully saturated rings. The molecule has 0 N–H and O–H groups in total. The lowest BCUT2D eigenvalue weighted by atomic mass is 10.0. The molecule has 3 aromatic rings. The SMILES string of the molecule is CCN(C(=O)c1nn(-c2ccccc2)c2c1CCCCC2)C(C)c1cccnc1. The van der Waals surface area contributed by atoms with Crippen molar-refractivity contribution < 1.29 is 4.79 Å². The maximum Gasteiger partial charge on any atom is 0.275 e. The van der Waals surface area contributed by atoms with Crippen molar-refractivity contribution in [2.75, 3.05) is 6.54 Å². The first kappa shape index (κ1) is 19.4. The number of nitrogens with zero attached hydrogens (tertiary/aromatic N) is 4. The maximum atomic E-state index is 13.6. The highest BCUT2D eigenvalue weighted by atomic mass is 16.2. The molecule has 0 radical (unpaired) electrons. The molecule has 5 nitrogen and oxygen atoms in total. The van der Waals surface area contributed by atoms with E-state index in [0.29, 0.717) is 12.2 Å². The van der Waals surface area contributed by atoms with Crippen LogP contribution in [0, 0.1) is 0 Å². The van der Waals surface area contributed by atoms with E-state index in [1.54, 1.807) is 6.20 Å². The minimum Gasteiger partial charge on any atom is -0.331 e. The summed E-state index contributed by atoms with van der Waals surface area (Å²) >= 11 is 0. The molecule has 1 aromatic carbocycles. The third kappa shape index (κ3) is 3.82. The average Bonchev–Trinajstić information content (AvgIpc) is 2.96. The Hall–Kier alpha value is -2.95. The Morgan fingerprint density at radius 2 is 1.90 bits per heavy atom. The van der Waals surface area contributed by atoms with Crippen molar-refractivity contribution in [2.45, 2.75) is 52.0 Å². The Kier molecular flexibility index (Phi) is 5.74. The topological polar surface area (TPSA) is 51.0 Å². The molecule has 1 amide bonds. The summed E-state index contributed by atoms with van der Waals surface area (Å²) in [7, 11) is 0. The van der Waals surface area contributed by atoms with Crippen molar-refractivity contribution >= 4 is 5.91 Å². The summed E-state index contributed by atoms with van der Waals surface area (Å²) in [6, 6.07) is 14.0. The van der Waals surface area contributed by atoms with Crippen LogP contribution in [0.4, 0.5) is 0 Å². The number of carbonyl (C=O) groups is 1. The Bertz CT molecular complexity index is 965. The van der Waals surface area contributed by atoms with Gasteiger partial charge in [0.2, 0.25) is 0 Å². The number of aromatic nitrogens is 3. The largest absolute Gasteiger partial charge is 0.331 e. The van der Waals surface area contributed by atoms with Crippen molar-refractivity contribution in [1.29, 1.82) is 0 Å². The van der Waals surface area contributed by atoms with Gasteiger partial charge in [0.05, 0.1) is 11.7 Å². The summed E-state index contributed by atoms with van der Waals surface area (Å²) in [5.74, 6) is 0.0108. The minimum atomic E-state index is -0.0514. The third-order valence-electron chi connectivity index (χ3n) is 5.87. The number of fused-ring (bicyclic) bond motifs is 1. The van der Waals surface area contributed by atoms with Gasteiger partial charge in [0.25, 0.3) is 5.91 Å². The second-order valence-corrected chi connectivity index (χ2v) is 7.64. The number of hydrogen-bond acceptors (Lipinski definition) is 3. The zero-order valence-corrected chi connectivity index (χ0v) is 17.2. The van der Waals surface area contributed by atoms with Gasteiger partial charge in [-0.2, -0.15) is 5.10 Å². The van der Waals surface area contributed by atoms with Gasteiger partial charge in [0, 0.05) is 30.2 Å². The van der Waals surface area contributed by atoms with E-state index in [1.165, 1.54) is 12.1 Å². The molecule has 150 valence electrons. The van der Waals surface area contributed by atoms with E-state index in [9.17, 15) is 4.79 Å².